The maximum Gasteiger partial charge on any atom is 0.244 e. The Balaban J connectivity index is 1.10. The zero-order valence-corrected chi connectivity index (χ0v) is 29.3. The van der Waals surface area contributed by atoms with E-state index in [-0.39, 0.29) is 35.8 Å². The lowest BCUT2D eigenvalue weighted by atomic mass is 9.87. The number of hydrogen-bond acceptors (Lipinski definition) is 10. The largest absolute Gasteiger partial charge is 0.378 e. The van der Waals surface area contributed by atoms with Crippen molar-refractivity contribution in [3.8, 4) is 17.2 Å². The SMILES string of the molecule is Cc1ccc(-c2c(C)noc2C)cc1C(Nc1ccc(C2(C#N)CC2)cc1)C1CCN(c2cc3c(cc2F)C(O)N(C2CCC(=O)NC2=O)C3O)C1. The van der Waals surface area contributed by atoms with Crippen LogP contribution in [0.5, 0.6) is 0 Å². The summed E-state index contributed by atoms with van der Waals surface area (Å²) in [6.45, 7) is 6.98. The number of carbonyl (C=O) groups excluding carboxylic acids is 2. The summed E-state index contributed by atoms with van der Waals surface area (Å²) in [6.07, 6.45) is -0.0500. The molecule has 4 aliphatic rings. The zero-order chi connectivity index (χ0) is 36.5. The standard InChI is InChI=1S/C40H41FN6O5/c1-21-4-5-24(35-22(2)45-52-23(35)3)16-28(21)36(43-27-8-6-26(7-9-27)40(20-42)13-14-40)25-12-15-46(19-25)33-18-30-29(17-31(33)41)38(50)47(39(30)51)32-10-11-34(48)44-37(32)49/h4-9,16-18,25,32,36,38-39,43,50-51H,10-15,19H2,1-3H3,(H,44,48,49). The van der Waals surface area contributed by atoms with Crippen molar-refractivity contribution < 1.29 is 28.7 Å². The van der Waals surface area contributed by atoms with Crippen molar-refractivity contribution in [3.63, 3.8) is 0 Å². The van der Waals surface area contributed by atoms with Crippen LogP contribution in [-0.2, 0) is 15.0 Å². The fraction of sp³-hybridized carbons (Fsp3) is 0.400. The predicted molar refractivity (Wildman–Crippen MR) is 190 cm³/mol. The van der Waals surface area contributed by atoms with Gasteiger partial charge in [0.15, 0.2) is 0 Å². The second-order valence-electron chi connectivity index (χ2n) is 14.8. The molecule has 5 atom stereocenters. The first-order valence-corrected chi connectivity index (χ1v) is 17.9. The lowest BCUT2D eigenvalue weighted by Gasteiger charge is -2.34. The Hall–Kier alpha value is -5.09. The third-order valence-electron chi connectivity index (χ3n) is 11.5. The molecule has 11 nitrogen and oxygen atoms in total. The Morgan fingerprint density at radius 2 is 1.77 bits per heavy atom. The minimum absolute atomic E-state index is 0.0373. The van der Waals surface area contributed by atoms with Gasteiger partial charge in [0.05, 0.1) is 34.9 Å². The number of aryl methyl sites for hydroxylation is 3. The number of carbonyl (C=O) groups is 2. The predicted octanol–water partition coefficient (Wildman–Crippen LogP) is 5.74. The Morgan fingerprint density at radius 3 is 2.42 bits per heavy atom. The third-order valence-corrected chi connectivity index (χ3v) is 11.5. The molecule has 1 aromatic heterocycles. The normalized spacial score (nSPS) is 24.4. The van der Waals surface area contributed by atoms with Gasteiger partial charge in [0.1, 0.15) is 24.0 Å². The molecule has 12 heteroatoms. The Kier molecular flexibility index (Phi) is 8.40. The summed E-state index contributed by atoms with van der Waals surface area (Å²) in [5, 5.41) is 42.5. The van der Waals surface area contributed by atoms with Gasteiger partial charge < -0.3 is 25.0 Å². The van der Waals surface area contributed by atoms with Gasteiger partial charge in [0.2, 0.25) is 11.8 Å². The number of imide groups is 1. The van der Waals surface area contributed by atoms with Crippen LogP contribution in [0.15, 0.2) is 59.1 Å². The lowest BCUT2D eigenvalue weighted by molar-refractivity contribution is -0.154. The van der Waals surface area contributed by atoms with Crippen molar-refractivity contribution in [1.82, 2.24) is 15.4 Å². The molecule has 3 fully saturated rings. The number of anilines is 2. The summed E-state index contributed by atoms with van der Waals surface area (Å²) in [5.41, 5.74) is 7.35. The maximum absolute atomic E-state index is 16.0. The fourth-order valence-corrected chi connectivity index (χ4v) is 8.45. The Morgan fingerprint density at radius 1 is 1.04 bits per heavy atom. The number of aliphatic hydroxyl groups is 2. The van der Waals surface area contributed by atoms with Crippen LogP contribution in [0.4, 0.5) is 15.8 Å². The first-order chi connectivity index (χ1) is 25.0. The summed E-state index contributed by atoms with van der Waals surface area (Å²) < 4.78 is 21.5. The Labute approximate surface area is 301 Å². The smallest absolute Gasteiger partial charge is 0.244 e. The van der Waals surface area contributed by atoms with Crippen LogP contribution in [0.25, 0.3) is 11.1 Å². The molecule has 0 bridgehead atoms. The number of fused-ring (bicyclic) bond motifs is 1. The highest BCUT2D eigenvalue weighted by atomic mass is 19.1. The minimum Gasteiger partial charge on any atom is -0.378 e. The van der Waals surface area contributed by atoms with Crippen molar-refractivity contribution in [2.24, 2.45) is 5.92 Å². The molecule has 8 rings (SSSR count). The van der Waals surface area contributed by atoms with E-state index in [1.807, 2.05) is 43.0 Å². The topological polar surface area (TPSA) is 155 Å². The number of nitrogens with zero attached hydrogens (tertiary/aromatic N) is 4. The number of halogens is 1. The number of rotatable bonds is 8. The van der Waals surface area contributed by atoms with E-state index >= 15 is 4.39 Å². The van der Waals surface area contributed by atoms with Gasteiger partial charge in [-0.2, -0.15) is 5.26 Å². The van der Waals surface area contributed by atoms with Crippen molar-refractivity contribution in [2.75, 3.05) is 23.3 Å². The second kappa shape index (κ2) is 12.8. The van der Waals surface area contributed by atoms with Crippen LogP contribution < -0.4 is 15.5 Å². The molecule has 0 radical (unpaired) electrons. The average Bonchev–Trinajstić information content (AvgIpc) is 3.56. The molecule has 5 unspecified atom stereocenters. The van der Waals surface area contributed by atoms with E-state index in [0.717, 1.165) is 64.2 Å². The summed E-state index contributed by atoms with van der Waals surface area (Å²) in [7, 11) is 0. The van der Waals surface area contributed by atoms with Crippen LogP contribution in [0, 0.1) is 43.8 Å². The summed E-state index contributed by atoms with van der Waals surface area (Å²) in [4.78, 5) is 27.6. The van der Waals surface area contributed by atoms with Gasteiger partial charge in [-0.05, 0) is 99.0 Å². The van der Waals surface area contributed by atoms with Crippen molar-refractivity contribution in [3.05, 3.63) is 99.7 Å². The molecular weight excluding hydrogens is 663 g/mol. The second-order valence-corrected chi connectivity index (χ2v) is 14.8. The molecule has 1 aliphatic carbocycles. The molecule has 4 heterocycles. The van der Waals surface area contributed by atoms with Crippen molar-refractivity contribution in [1.29, 1.82) is 5.26 Å². The molecule has 4 aromatic rings. The van der Waals surface area contributed by atoms with Crippen LogP contribution in [0.2, 0.25) is 0 Å². The number of piperidine rings is 1. The van der Waals surface area contributed by atoms with E-state index in [1.165, 1.54) is 11.0 Å². The summed E-state index contributed by atoms with van der Waals surface area (Å²) in [6, 6.07) is 18.7. The van der Waals surface area contributed by atoms with E-state index in [2.05, 4.69) is 47.0 Å². The van der Waals surface area contributed by atoms with E-state index in [9.17, 15) is 25.1 Å². The zero-order valence-electron chi connectivity index (χ0n) is 29.3. The molecule has 4 N–H and O–H groups in total. The van der Waals surface area contributed by atoms with Gasteiger partial charge in [-0.3, -0.25) is 14.9 Å². The van der Waals surface area contributed by atoms with Crippen LogP contribution in [0.3, 0.4) is 0 Å². The quantitative estimate of drug-likeness (QED) is 0.167. The molecule has 2 amide bonds. The van der Waals surface area contributed by atoms with E-state index in [1.54, 1.807) is 6.07 Å². The summed E-state index contributed by atoms with van der Waals surface area (Å²) >= 11 is 0. The van der Waals surface area contributed by atoms with Crippen molar-refractivity contribution >= 4 is 23.2 Å². The molecule has 268 valence electrons. The number of aliphatic hydroxyl groups excluding tert-OH is 2. The highest BCUT2D eigenvalue weighted by Gasteiger charge is 2.47. The average molecular weight is 705 g/mol. The third kappa shape index (κ3) is 5.73. The number of amides is 2. The first kappa shape index (κ1) is 34.0. The molecule has 0 spiro atoms. The Bertz CT molecular complexity index is 2100. The van der Waals surface area contributed by atoms with Gasteiger partial charge in [-0.15, -0.1) is 0 Å². The molecule has 2 saturated heterocycles. The molecule has 3 aromatic carbocycles. The lowest BCUT2D eigenvalue weighted by Crippen LogP contribution is -2.52. The first-order valence-electron chi connectivity index (χ1n) is 17.9. The fourth-order valence-electron chi connectivity index (χ4n) is 8.45. The number of nitriles is 1. The van der Waals surface area contributed by atoms with Gasteiger partial charge in [0, 0.05) is 47.8 Å². The monoisotopic (exact) mass is 704 g/mol. The highest BCUT2D eigenvalue weighted by molar-refractivity contribution is 6.00. The molecule has 52 heavy (non-hydrogen) atoms. The van der Waals surface area contributed by atoms with Crippen LogP contribution in [-0.4, -0.2) is 51.2 Å². The summed E-state index contributed by atoms with van der Waals surface area (Å²) in [5.74, 6) is -0.750. The van der Waals surface area contributed by atoms with Gasteiger partial charge in [0.25, 0.3) is 0 Å². The number of aromatic nitrogens is 1. The van der Waals surface area contributed by atoms with Crippen LogP contribution >= 0.6 is 0 Å². The highest BCUT2D eigenvalue weighted by Crippen LogP contribution is 2.48. The molecular formula is C40H41FN6O5. The van der Waals surface area contributed by atoms with Gasteiger partial charge in [-0.1, -0.05) is 29.4 Å². The maximum atomic E-state index is 16.0. The number of benzene rings is 3. The van der Waals surface area contributed by atoms with E-state index in [4.69, 9.17) is 4.52 Å². The minimum atomic E-state index is -1.40. The number of hydrogen-bond donors (Lipinski definition) is 4. The number of nitrogens with one attached hydrogen (secondary N) is 2. The van der Waals surface area contributed by atoms with E-state index < -0.39 is 36.1 Å². The van der Waals surface area contributed by atoms with E-state index in [0.29, 0.717) is 24.3 Å². The van der Waals surface area contributed by atoms with Gasteiger partial charge >= 0.3 is 0 Å². The molecule has 1 saturated carbocycles. The van der Waals surface area contributed by atoms with Crippen molar-refractivity contribution in [2.45, 2.75) is 82.8 Å². The van der Waals surface area contributed by atoms with Crippen LogP contribution in [0.1, 0.15) is 89.9 Å². The van der Waals surface area contributed by atoms with Gasteiger partial charge in [-0.25, -0.2) is 9.29 Å². The molecule has 3 aliphatic heterocycles.